The summed E-state index contributed by atoms with van der Waals surface area (Å²) in [5.41, 5.74) is 1.78. The molecule has 1 aliphatic carbocycles. The van der Waals surface area contributed by atoms with Crippen molar-refractivity contribution < 1.29 is 4.74 Å². The smallest absolute Gasteiger partial charge is 0.119 e. The van der Waals surface area contributed by atoms with Crippen molar-refractivity contribution in [2.24, 2.45) is 5.41 Å². The van der Waals surface area contributed by atoms with Gasteiger partial charge in [-0.25, -0.2) is 0 Å². The van der Waals surface area contributed by atoms with E-state index in [4.69, 9.17) is 4.74 Å². The highest BCUT2D eigenvalue weighted by Gasteiger charge is 2.57. The van der Waals surface area contributed by atoms with Gasteiger partial charge in [0.25, 0.3) is 0 Å². The van der Waals surface area contributed by atoms with Crippen LogP contribution in [-0.2, 0) is 0 Å². The third-order valence-electron chi connectivity index (χ3n) is 3.75. The van der Waals surface area contributed by atoms with Gasteiger partial charge in [-0.15, -0.1) is 0 Å². The van der Waals surface area contributed by atoms with Crippen LogP contribution in [0.1, 0.15) is 39.2 Å². The first kappa shape index (κ1) is 12.4. The van der Waals surface area contributed by atoms with Gasteiger partial charge in [-0.2, -0.15) is 0 Å². The third-order valence-corrected chi connectivity index (χ3v) is 3.75. The van der Waals surface area contributed by atoms with Gasteiger partial charge in [0.05, 0.1) is 6.10 Å². The summed E-state index contributed by atoms with van der Waals surface area (Å²) in [6.45, 7) is 8.73. The SMILES string of the molecule is CNC1C(c2ccc(OC(C)C)cc2)C1(C)C. The molecule has 0 saturated heterocycles. The Kier molecular flexibility index (Phi) is 3.17. The van der Waals surface area contributed by atoms with E-state index in [1.807, 2.05) is 7.05 Å². The van der Waals surface area contributed by atoms with Crippen LogP contribution in [-0.4, -0.2) is 19.2 Å². The molecule has 2 rings (SSSR count). The van der Waals surface area contributed by atoms with E-state index < -0.39 is 0 Å². The molecule has 17 heavy (non-hydrogen) atoms. The lowest BCUT2D eigenvalue weighted by Gasteiger charge is -2.10. The van der Waals surface area contributed by atoms with Gasteiger partial charge in [-0.1, -0.05) is 26.0 Å². The van der Waals surface area contributed by atoms with Crippen molar-refractivity contribution >= 4 is 0 Å². The molecule has 0 bridgehead atoms. The Hall–Kier alpha value is -1.02. The largest absolute Gasteiger partial charge is 0.491 e. The van der Waals surface area contributed by atoms with E-state index in [0.29, 0.717) is 17.4 Å². The lowest BCUT2D eigenvalue weighted by molar-refractivity contribution is 0.242. The number of hydrogen-bond acceptors (Lipinski definition) is 2. The van der Waals surface area contributed by atoms with Crippen LogP contribution >= 0.6 is 0 Å². The molecule has 0 aromatic heterocycles. The highest BCUT2D eigenvalue weighted by Crippen LogP contribution is 2.58. The highest BCUT2D eigenvalue weighted by molar-refractivity contribution is 5.37. The van der Waals surface area contributed by atoms with Crippen molar-refractivity contribution in [2.75, 3.05) is 7.05 Å². The average Bonchev–Trinajstić information content (AvgIpc) is 2.81. The second kappa shape index (κ2) is 4.34. The molecule has 0 heterocycles. The first-order valence-corrected chi connectivity index (χ1v) is 6.40. The van der Waals surface area contributed by atoms with Crippen molar-refractivity contribution in [2.45, 2.75) is 45.8 Å². The van der Waals surface area contributed by atoms with E-state index in [1.165, 1.54) is 5.56 Å². The van der Waals surface area contributed by atoms with Gasteiger partial charge in [0, 0.05) is 12.0 Å². The van der Waals surface area contributed by atoms with Gasteiger partial charge in [0.1, 0.15) is 5.75 Å². The summed E-state index contributed by atoms with van der Waals surface area (Å²) in [4.78, 5) is 0. The molecule has 2 heteroatoms. The van der Waals surface area contributed by atoms with Crippen LogP contribution in [0, 0.1) is 5.41 Å². The Morgan fingerprint density at radius 1 is 1.18 bits per heavy atom. The summed E-state index contributed by atoms with van der Waals surface area (Å²) in [7, 11) is 2.04. The first-order valence-electron chi connectivity index (χ1n) is 6.40. The summed E-state index contributed by atoms with van der Waals surface area (Å²) >= 11 is 0. The van der Waals surface area contributed by atoms with Crippen LogP contribution in [0.3, 0.4) is 0 Å². The molecule has 1 saturated carbocycles. The minimum atomic E-state index is 0.239. The van der Waals surface area contributed by atoms with Gasteiger partial charge in [-0.05, 0) is 44.0 Å². The lowest BCUT2D eigenvalue weighted by Crippen LogP contribution is -2.14. The van der Waals surface area contributed by atoms with Gasteiger partial charge < -0.3 is 10.1 Å². The predicted octanol–water partition coefficient (Wildman–Crippen LogP) is 3.19. The van der Waals surface area contributed by atoms with E-state index >= 15 is 0 Å². The second-order valence-electron chi connectivity index (χ2n) is 5.80. The number of hydrogen-bond donors (Lipinski definition) is 1. The fourth-order valence-corrected chi connectivity index (χ4v) is 2.82. The molecule has 1 aromatic rings. The number of likely N-dealkylation sites (N-methyl/N-ethyl adjacent to an activating group) is 1. The Bertz CT molecular complexity index is 380. The summed E-state index contributed by atoms with van der Waals surface area (Å²) in [6.07, 6.45) is 0.239. The van der Waals surface area contributed by atoms with Gasteiger partial charge in [-0.3, -0.25) is 0 Å². The summed E-state index contributed by atoms with van der Waals surface area (Å²) in [5, 5.41) is 3.39. The Morgan fingerprint density at radius 3 is 2.18 bits per heavy atom. The molecule has 1 aliphatic rings. The molecule has 0 radical (unpaired) electrons. The molecule has 0 spiro atoms. The Balaban J connectivity index is 2.09. The number of nitrogens with one attached hydrogen (secondary N) is 1. The zero-order chi connectivity index (χ0) is 12.6. The minimum absolute atomic E-state index is 0.239. The quantitative estimate of drug-likeness (QED) is 0.862. The molecular weight excluding hydrogens is 210 g/mol. The molecule has 94 valence electrons. The van der Waals surface area contributed by atoms with Crippen LogP contribution in [0.15, 0.2) is 24.3 Å². The van der Waals surface area contributed by atoms with Crippen LogP contribution < -0.4 is 10.1 Å². The van der Waals surface area contributed by atoms with Crippen molar-refractivity contribution in [3.63, 3.8) is 0 Å². The number of rotatable bonds is 4. The van der Waals surface area contributed by atoms with Crippen molar-refractivity contribution in [3.05, 3.63) is 29.8 Å². The summed E-state index contributed by atoms with van der Waals surface area (Å²) in [6, 6.07) is 9.15. The van der Waals surface area contributed by atoms with E-state index in [0.717, 1.165) is 5.75 Å². The molecular formula is C15H23NO. The standard InChI is InChI=1S/C15H23NO/c1-10(2)17-12-8-6-11(7-9-12)13-14(16-5)15(13,3)4/h6-10,13-14,16H,1-5H3. The third kappa shape index (κ3) is 2.32. The van der Waals surface area contributed by atoms with Crippen LogP contribution in [0.4, 0.5) is 0 Å². The normalized spacial score (nSPS) is 26.0. The van der Waals surface area contributed by atoms with E-state index in [9.17, 15) is 0 Å². The Labute approximate surface area is 104 Å². The maximum absolute atomic E-state index is 5.66. The fraction of sp³-hybridized carbons (Fsp3) is 0.600. The number of ether oxygens (including phenoxy) is 1. The Morgan fingerprint density at radius 2 is 1.76 bits per heavy atom. The predicted molar refractivity (Wildman–Crippen MR) is 71.6 cm³/mol. The molecule has 2 nitrogen and oxygen atoms in total. The van der Waals surface area contributed by atoms with Gasteiger partial charge >= 0.3 is 0 Å². The lowest BCUT2D eigenvalue weighted by atomic mass is 10.0. The molecule has 0 aliphatic heterocycles. The van der Waals surface area contributed by atoms with E-state index in [-0.39, 0.29) is 6.10 Å². The molecule has 1 fully saturated rings. The topological polar surface area (TPSA) is 21.3 Å². The first-order chi connectivity index (χ1) is 7.96. The highest BCUT2D eigenvalue weighted by atomic mass is 16.5. The molecule has 1 N–H and O–H groups in total. The average molecular weight is 233 g/mol. The van der Waals surface area contributed by atoms with Crippen LogP contribution in [0.2, 0.25) is 0 Å². The van der Waals surface area contributed by atoms with E-state index in [2.05, 4.69) is 57.3 Å². The minimum Gasteiger partial charge on any atom is -0.491 e. The van der Waals surface area contributed by atoms with E-state index in [1.54, 1.807) is 0 Å². The van der Waals surface area contributed by atoms with Crippen LogP contribution in [0.25, 0.3) is 0 Å². The number of benzene rings is 1. The molecule has 2 atom stereocenters. The second-order valence-corrected chi connectivity index (χ2v) is 5.80. The molecule has 2 unspecified atom stereocenters. The fourth-order valence-electron chi connectivity index (χ4n) is 2.82. The molecule has 1 aromatic carbocycles. The van der Waals surface area contributed by atoms with Gasteiger partial charge in [0.2, 0.25) is 0 Å². The zero-order valence-electron chi connectivity index (χ0n) is 11.4. The summed E-state index contributed by atoms with van der Waals surface area (Å²) < 4.78 is 5.66. The van der Waals surface area contributed by atoms with Gasteiger partial charge in [0.15, 0.2) is 0 Å². The van der Waals surface area contributed by atoms with Crippen LogP contribution in [0.5, 0.6) is 5.75 Å². The summed E-state index contributed by atoms with van der Waals surface area (Å²) in [5.74, 6) is 1.59. The van der Waals surface area contributed by atoms with Crippen molar-refractivity contribution in [1.29, 1.82) is 0 Å². The molecule has 0 amide bonds. The maximum atomic E-state index is 5.66. The van der Waals surface area contributed by atoms with Crippen molar-refractivity contribution in [3.8, 4) is 5.75 Å². The van der Waals surface area contributed by atoms with Crippen molar-refractivity contribution in [1.82, 2.24) is 5.32 Å². The maximum Gasteiger partial charge on any atom is 0.119 e. The zero-order valence-corrected chi connectivity index (χ0v) is 11.4. The monoisotopic (exact) mass is 233 g/mol.